The molecular weight excluding hydrogens is 298 g/mol. The molecule has 124 valence electrons. The van der Waals surface area contributed by atoms with Crippen molar-refractivity contribution in [2.24, 2.45) is 4.99 Å². The summed E-state index contributed by atoms with van der Waals surface area (Å²) in [5.74, 6) is 0.568. The lowest BCUT2D eigenvalue weighted by Gasteiger charge is -2.20. The van der Waals surface area contributed by atoms with E-state index in [1.165, 1.54) is 0 Å². The maximum atomic E-state index is 11.8. The maximum absolute atomic E-state index is 11.8. The van der Waals surface area contributed by atoms with Crippen molar-refractivity contribution in [3.63, 3.8) is 0 Å². The molecule has 1 aromatic heterocycles. The van der Waals surface area contributed by atoms with Crippen molar-refractivity contribution in [2.45, 2.75) is 46.6 Å². The highest BCUT2D eigenvalue weighted by Crippen LogP contribution is 2.07. The molecule has 0 aliphatic carbocycles. The Morgan fingerprint density at radius 1 is 1.36 bits per heavy atom. The molecule has 1 heterocycles. The zero-order valence-corrected chi connectivity index (χ0v) is 14.9. The highest BCUT2D eigenvalue weighted by Gasteiger charge is 2.13. The molecule has 1 rings (SSSR count). The molecule has 0 atom stereocenters. The number of carbonyl (C=O) groups is 1. The monoisotopic (exact) mass is 325 g/mol. The Morgan fingerprint density at radius 3 is 2.64 bits per heavy atom. The van der Waals surface area contributed by atoms with Crippen LogP contribution in [0.1, 0.15) is 38.4 Å². The van der Waals surface area contributed by atoms with E-state index in [-0.39, 0.29) is 18.0 Å². The minimum atomic E-state index is -0.235. The van der Waals surface area contributed by atoms with Crippen LogP contribution in [-0.2, 0) is 11.2 Å². The number of hydrogen-bond acceptors (Lipinski definition) is 4. The number of rotatable bonds is 6. The quantitative estimate of drug-likeness (QED) is 0.547. The number of hydrogen-bond donors (Lipinski definition) is 3. The fourth-order valence-electron chi connectivity index (χ4n) is 1.78. The van der Waals surface area contributed by atoms with Crippen LogP contribution < -0.4 is 16.0 Å². The van der Waals surface area contributed by atoms with Crippen molar-refractivity contribution in [2.75, 3.05) is 19.6 Å². The summed E-state index contributed by atoms with van der Waals surface area (Å²) in [6, 6.07) is 0. The molecule has 0 radical (unpaired) electrons. The van der Waals surface area contributed by atoms with Gasteiger partial charge in [-0.3, -0.25) is 4.79 Å². The number of aryl methyl sites for hydroxylation is 1. The van der Waals surface area contributed by atoms with Gasteiger partial charge in [-0.05, 0) is 34.6 Å². The molecule has 0 bridgehead atoms. The molecule has 6 nitrogen and oxygen atoms in total. The van der Waals surface area contributed by atoms with Crippen LogP contribution in [0.3, 0.4) is 0 Å². The minimum Gasteiger partial charge on any atom is -0.357 e. The molecule has 1 aromatic rings. The number of carbonyl (C=O) groups excluding carboxylic acids is 1. The van der Waals surface area contributed by atoms with Gasteiger partial charge >= 0.3 is 0 Å². The van der Waals surface area contributed by atoms with Gasteiger partial charge in [0.15, 0.2) is 5.96 Å². The normalized spacial score (nSPS) is 12.1. The first-order valence-electron chi connectivity index (χ1n) is 7.54. The first-order chi connectivity index (χ1) is 10.3. The number of guanidine groups is 1. The van der Waals surface area contributed by atoms with E-state index < -0.39 is 0 Å². The number of aromatic nitrogens is 1. The van der Waals surface area contributed by atoms with Crippen LogP contribution in [0.5, 0.6) is 0 Å². The average Bonchev–Trinajstić information content (AvgIpc) is 2.80. The molecule has 0 fully saturated rings. The minimum absolute atomic E-state index is 0.0835. The predicted octanol–water partition coefficient (Wildman–Crippen LogP) is 1.46. The Balaban J connectivity index is 2.43. The van der Waals surface area contributed by atoms with Crippen LogP contribution in [0.4, 0.5) is 0 Å². The van der Waals surface area contributed by atoms with Crippen LogP contribution >= 0.6 is 11.3 Å². The van der Waals surface area contributed by atoms with Crippen molar-refractivity contribution >= 4 is 23.2 Å². The number of thiazole rings is 1. The maximum Gasteiger partial charge on any atom is 0.242 e. The number of nitrogens with one attached hydrogen (secondary N) is 3. The smallest absolute Gasteiger partial charge is 0.242 e. The summed E-state index contributed by atoms with van der Waals surface area (Å²) in [4.78, 5) is 20.5. The summed E-state index contributed by atoms with van der Waals surface area (Å²) in [6.45, 7) is 11.5. The van der Waals surface area contributed by atoms with E-state index in [0.717, 1.165) is 30.2 Å². The standard InChI is InChI=1S/C15H27N5OS/c1-6-16-14(18-9-13(21)20-15(3,4)5)17-8-7-12-10-22-11(2)19-12/h10H,6-9H2,1-5H3,(H,20,21)(H2,16,17,18). The molecule has 0 aromatic carbocycles. The zero-order valence-electron chi connectivity index (χ0n) is 14.1. The third kappa shape index (κ3) is 7.97. The molecule has 7 heteroatoms. The van der Waals surface area contributed by atoms with Crippen LogP contribution in [0.25, 0.3) is 0 Å². The summed E-state index contributed by atoms with van der Waals surface area (Å²) in [5.41, 5.74) is 0.845. The van der Waals surface area contributed by atoms with E-state index in [1.807, 2.05) is 34.6 Å². The van der Waals surface area contributed by atoms with Crippen LogP contribution in [0.15, 0.2) is 10.4 Å². The Kier molecular flexibility index (Phi) is 7.31. The van der Waals surface area contributed by atoms with Gasteiger partial charge in [-0.2, -0.15) is 0 Å². The van der Waals surface area contributed by atoms with Crippen molar-refractivity contribution in [1.29, 1.82) is 0 Å². The number of amides is 1. The Labute approximate surface area is 136 Å². The second-order valence-electron chi connectivity index (χ2n) is 6.03. The largest absolute Gasteiger partial charge is 0.357 e. The first-order valence-corrected chi connectivity index (χ1v) is 8.42. The number of nitrogens with zero attached hydrogens (tertiary/aromatic N) is 2. The molecule has 0 saturated carbocycles. The Hall–Kier alpha value is -1.63. The molecule has 22 heavy (non-hydrogen) atoms. The molecule has 1 amide bonds. The van der Waals surface area contributed by atoms with E-state index in [4.69, 9.17) is 0 Å². The van der Waals surface area contributed by atoms with Crippen molar-refractivity contribution in [1.82, 2.24) is 20.9 Å². The van der Waals surface area contributed by atoms with Gasteiger partial charge in [-0.25, -0.2) is 9.98 Å². The van der Waals surface area contributed by atoms with Crippen LogP contribution in [-0.4, -0.2) is 42.0 Å². The lowest BCUT2D eigenvalue weighted by atomic mass is 10.1. The summed E-state index contributed by atoms with van der Waals surface area (Å²) in [7, 11) is 0. The molecule has 0 aliphatic heterocycles. The van der Waals surface area contributed by atoms with Crippen molar-refractivity contribution < 1.29 is 4.79 Å². The Bertz CT molecular complexity index is 504. The van der Waals surface area contributed by atoms with E-state index >= 15 is 0 Å². The molecule has 3 N–H and O–H groups in total. The Morgan fingerprint density at radius 2 is 2.09 bits per heavy atom. The SMILES string of the molecule is CCNC(=NCC(=O)NC(C)(C)C)NCCc1csc(C)n1. The summed E-state index contributed by atoms with van der Waals surface area (Å²) in [5, 5.41) is 12.4. The fraction of sp³-hybridized carbons (Fsp3) is 0.667. The third-order valence-electron chi connectivity index (χ3n) is 2.58. The van der Waals surface area contributed by atoms with Crippen molar-refractivity contribution in [3.05, 3.63) is 16.1 Å². The van der Waals surface area contributed by atoms with Gasteiger partial charge in [0.2, 0.25) is 5.91 Å². The lowest BCUT2D eigenvalue weighted by molar-refractivity contribution is -0.121. The molecular formula is C15H27N5OS. The van der Waals surface area contributed by atoms with E-state index in [1.54, 1.807) is 11.3 Å². The third-order valence-corrected chi connectivity index (χ3v) is 3.40. The molecule has 0 saturated heterocycles. The van der Waals surface area contributed by atoms with E-state index in [0.29, 0.717) is 5.96 Å². The first kappa shape index (κ1) is 18.4. The second kappa shape index (κ2) is 8.73. The average molecular weight is 325 g/mol. The van der Waals surface area contributed by atoms with Gasteiger partial charge in [0.25, 0.3) is 0 Å². The topological polar surface area (TPSA) is 78.4 Å². The second-order valence-corrected chi connectivity index (χ2v) is 7.09. The van der Waals surface area contributed by atoms with Gasteiger partial charge in [0.1, 0.15) is 6.54 Å². The van der Waals surface area contributed by atoms with Crippen molar-refractivity contribution in [3.8, 4) is 0 Å². The lowest BCUT2D eigenvalue weighted by Crippen LogP contribution is -2.43. The van der Waals surface area contributed by atoms with E-state index in [2.05, 4.69) is 31.3 Å². The molecule has 0 spiro atoms. The van der Waals surface area contributed by atoms with E-state index in [9.17, 15) is 4.79 Å². The molecule has 0 aliphatic rings. The molecule has 0 unspecified atom stereocenters. The summed E-state index contributed by atoms with van der Waals surface area (Å²) < 4.78 is 0. The number of aliphatic imine (C=N–C) groups is 1. The van der Waals surface area contributed by atoms with Gasteiger partial charge in [-0.1, -0.05) is 0 Å². The predicted molar refractivity (Wildman–Crippen MR) is 92.4 cm³/mol. The highest BCUT2D eigenvalue weighted by atomic mass is 32.1. The van der Waals surface area contributed by atoms with Gasteiger partial charge in [0.05, 0.1) is 10.7 Å². The summed E-state index contributed by atoms with van der Waals surface area (Å²) in [6.07, 6.45) is 0.836. The van der Waals surface area contributed by atoms with Gasteiger partial charge in [0, 0.05) is 30.4 Å². The van der Waals surface area contributed by atoms with Crippen LogP contribution in [0.2, 0.25) is 0 Å². The zero-order chi connectivity index (χ0) is 16.6. The van der Waals surface area contributed by atoms with Gasteiger partial charge < -0.3 is 16.0 Å². The fourth-order valence-corrected chi connectivity index (χ4v) is 2.43. The van der Waals surface area contributed by atoms with Crippen LogP contribution in [0, 0.1) is 6.92 Å². The van der Waals surface area contributed by atoms with Gasteiger partial charge in [-0.15, -0.1) is 11.3 Å². The summed E-state index contributed by atoms with van der Waals surface area (Å²) >= 11 is 1.66. The highest BCUT2D eigenvalue weighted by molar-refractivity contribution is 7.09.